The van der Waals surface area contributed by atoms with Crippen LogP contribution >= 0.6 is 0 Å². The lowest BCUT2D eigenvalue weighted by atomic mass is 10.1. The Morgan fingerprint density at radius 1 is 1.22 bits per heavy atom. The Hall–Kier alpha value is -2.08. The summed E-state index contributed by atoms with van der Waals surface area (Å²) in [5, 5.41) is 1.71. The standard InChI is InChI=1S/C17H19NO4S/c1-23(20,21)16-8-9-18(11-16)17(19)12-22-15-7-6-13-4-2-3-5-14(13)10-15/h2-7,10,16H,8-9,11-12H2,1H3. The second-order valence-corrected chi connectivity index (χ2v) is 8.20. The Bertz CT molecular complexity index is 831. The molecule has 1 unspecified atom stereocenters. The highest BCUT2D eigenvalue weighted by Crippen LogP contribution is 2.21. The predicted octanol–water partition coefficient (Wildman–Crippen LogP) is 1.86. The minimum absolute atomic E-state index is 0.0746. The van der Waals surface area contributed by atoms with Gasteiger partial charge in [-0.15, -0.1) is 0 Å². The molecule has 2 aromatic rings. The molecule has 1 heterocycles. The van der Waals surface area contributed by atoms with Crippen LogP contribution in [0.15, 0.2) is 42.5 Å². The van der Waals surface area contributed by atoms with Gasteiger partial charge in [-0.25, -0.2) is 8.42 Å². The monoisotopic (exact) mass is 333 g/mol. The summed E-state index contributed by atoms with van der Waals surface area (Å²) >= 11 is 0. The summed E-state index contributed by atoms with van der Waals surface area (Å²) < 4.78 is 28.6. The molecule has 1 aliphatic heterocycles. The Morgan fingerprint density at radius 2 is 1.96 bits per heavy atom. The molecular weight excluding hydrogens is 314 g/mol. The molecule has 0 spiro atoms. The molecule has 0 aliphatic carbocycles. The van der Waals surface area contributed by atoms with Gasteiger partial charge in [0.15, 0.2) is 16.4 Å². The van der Waals surface area contributed by atoms with Gasteiger partial charge < -0.3 is 9.64 Å². The molecule has 0 N–H and O–H groups in total. The van der Waals surface area contributed by atoms with Crippen molar-refractivity contribution in [3.8, 4) is 5.75 Å². The van der Waals surface area contributed by atoms with Crippen LogP contribution in [0.3, 0.4) is 0 Å². The van der Waals surface area contributed by atoms with Crippen molar-refractivity contribution >= 4 is 26.5 Å². The maximum atomic E-state index is 12.2. The van der Waals surface area contributed by atoms with Crippen molar-refractivity contribution < 1.29 is 17.9 Å². The second-order valence-electron chi connectivity index (χ2n) is 5.88. The minimum atomic E-state index is -3.10. The number of rotatable bonds is 4. The summed E-state index contributed by atoms with van der Waals surface area (Å²) in [6, 6.07) is 13.6. The van der Waals surface area contributed by atoms with E-state index in [9.17, 15) is 13.2 Å². The molecule has 2 aromatic carbocycles. The number of amides is 1. The van der Waals surface area contributed by atoms with Gasteiger partial charge in [0.1, 0.15) is 5.75 Å². The molecule has 122 valence electrons. The van der Waals surface area contributed by atoms with Crippen LogP contribution in [0.4, 0.5) is 0 Å². The summed E-state index contributed by atoms with van der Waals surface area (Å²) in [7, 11) is -3.10. The topological polar surface area (TPSA) is 63.7 Å². The van der Waals surface area contributed by atoms with Crippen molar-refractivity contribution in [1.29, 1.82) is 0 Å². The maximum absolute atomic E-state index is 12.2. The largest absolute Gasteiger partial charge is 0.484 e. The quantitative estimate of drug-likeness (QED) is 0.857. The van der Waals surface area contributed by atoms with Crippen LogP contribution in [-0.2, 0) is 14.6 Å². The SMILES string of the molecule is CS(=O)(=O)C1CCN(C(=O)COc2ccc3ccccc3c2)C1. The number of hydrogen-bond donors (Lipinski definition) is 0. The van der Waals surface area contributed by atoms with Crippen LogP contribution in [0.2, 0.25) is 0 Å². The Labute approximate surface area is 135 Å². The molecule has 0 aromatic heterocycles. The molecule has 1 amide bonds. The van der Waals surface area contributed by atoms with Crippen LogP contribution in [0.1, 0.15) is 6.42 Å². The molecule has 3 rings (SSSR count). The first-order chi connectivity index (χ1) is 10.9. The highest BCUT2D eigenvalue weighted by molar-refractivity contribution is 7.91. The highest BCUT2D eigenvalue weighted by atomic mass is 32.2. The van der Waals surface area contributed by atoms with Gasteiger partial charge >= 0.3 is 0 Å². The van der Waals surface area contributed by atoms with Crippen molar-refractivity contribution in [1.82, 2.24) is 4.90 Å². The van der Waals surface area contributed by atoms with Crippen LogP contribution in [0.25, 0.3) is 10.8 Å². The number of ether oxygens (including phenoxy) is 1. The molecule has 6 heteroatoms. The van der Waals surface area contributed by atoms with Gasteiger partial charge in [-0.2, -0.15) is 0 Å². The number of benzene rings is 2. The molecule has 5 nitrogen and oxygen atoms in total. The number of fused-ring (bicyclic) bond motifs is 1. The maximum Gasteiger partial charge on any atom is 0.260 e. The summed E-state index contributed by atoms with van der Waals surface area (Å²) in [6.45, 7) is 0.658. The Morgan fingerprint density at radius 3 is 2.65 bits per heavy atom. The molecule has 23 heavy (non-hydrogen) atoms. The molecule has 1 fully saturated rings. The van der Waals surface area contributed by atoms with Gasteiger partial charge in [-0.05, 0) is 29.3 Å². The number of likely N-dealkylation sites (tertiary alicyclic amines) is 1. The lowest BCUT2D eigenvalue weighted by molar-refractivity contribution is -0.132. The van der Waals surface area contributed by atoms with Crippen molar-refractivity contribution in [3.63, 3.8) is 0 Å². The molecule has 0 radical (unpaired) electrons. The zero-order chi connectivity index (χ0) is 16.4. The van der Waals surface area contributed by atoms with Crippen molar-refractivity contribution in [2.75, 3.05) is 26.0 Å². The minimum Gasteiger partial charge on any atom is -0.484 e. The van der Waals surface area contributed by atoms with Crippen LogP contribution in [0.5, 0.6) is 5.75 Å². The van der Waals surface area contributed by atoms with Gasteiger partial charge in [-0.3, -0.25) is 4.79 Å². The van der Waals surface area contributed by atoms with Crippen molar-refractivity contribution in [3.05, 3.63) is 42.5 Å². The van der Waals surface area contributed by atoms with E-state index in [1.54, 1.807) is 4.90 Å². The predicted molar refractivity (Wildman–Crippen MR) is 89.3 cm³/mol. The molecule has 0 saturated carbocycles. The van der Waals surface area contributed by atoms with Crippen LogP contribution in [-0.4, -0.2) is 50.4 Å². The van der Waals surface area contributed by atoms with Gasteiger partial charge in [0, 0.05) is 19.3 Å². The van der Waals surface area contributed by atoms with Gasteiger partial charge in [0.25, 0.3) is 5.91 Å². The smallest absolute Gasteiger partial charge is 0.260 e. The van der Waals surface area contributed by atoms with Gasteiger partial charge in [0.2, 0.25) is 0 Å². The van der Waals surface area contributed by atoms with E-state index in [0.717, 1.165) is 10.8 Å². The zero-order valence-corrected chi connectivity index (χ0v) is 13.8. The molecule has 1 aliphatic rings. The first kappa shape index (κ1) is 15.8. The fraction of sp³-hybridized carbons (Fsp3) is 0.353. The zero-order valence-electron chi connectivity index (χ0n) is 12.9. The lowest BCUT2D eigenvalue weighted by Crippen LogP contribution is -2.34. The molecule has 1 atom stereocenters. The molecule has 1 saturated heterocycles. The van der Waals surface area contributed by atoms with E-state index in [-0.39, 0.29) is 19.1 Å². The highest BCUT2D eigenvalue weighted by Gasteiger charge is 2.32. The normalized spacial score (nSPS) is 18.3. The van der Waals surface area contributed by atoms with E-state index in [0.29, 0.717) is 18.7 Å². The van der Waals surface area contributed by atoms with E-state index in [2.05, 4.69) is 0 Å². The Balaban J connectivity index is 1.60. The third kappa shape index (κ3) is 3.64. The van der Waals surface area contributed by atoms with E-state index in [1.807, 2.05) is 42.5 Å². The van der Waals surface area contributed by atoms with E-state index in [1.165, 1.54) is 6.26 Å². The lowest BCUT2D eigenvalue weighted by Gasteiger charge is -2.16. The Kier molecular flexibility index (Phi) is 4.26. The molecule has 0 bridgehead atoms. The first-order valence-corrected chi connectivity index (χ1v) is 9.47. The van der Waals surface area contributed by atoms with Crippen molar-refractivity contribution in [2.45, 2.75) is 11.7 Å². The van der Waals surface area contributed by atoms with Gasteiger partial charge in [-0.1, -0.05) is 30.3 Å². The van der Waals surface area contributed by atoms with Gasteiger partial charge in [0.05, 0.1) is 5.25 Å². The van der Waals surface area contributed by atoms with Crippen molar-refractivity contribution in [2.24, 2.45) is 0 Å². The number of sulfone groups is 1. The number of hydrogen-bond acceptors (Lipinski definition) is 4. The van der Waals surface area contributed by atoms with E-state index < -0.39 is 15.1 Å². The summed E-state index contributed by atoms with van der Waals surface area (Å²) in [6.07, 6.45) is 1.72. The first-order valence-electron chi connectivity index (χ1n) is 7.52. The second kappa shape index (κ2) is 6.20. The fourth-order valence-corrected chi connectivity index (χ4v) is 3.78. The fourth-order valence-electron chi connectivity index (χ4n) is 2.80. The van der Waals surface area contributed by atoms with E-state index in [4.69, 9.17) is 4.74 Å². The molecular formula is C17H19NO4S. The van der Waals surface area contributed by atoms with E-state index >= 15 is 0 Å². The average molecular weight is 333 g/mol. The number of nitrogens with zero attached hydrogens (tertiary/aromatic N) is 1. The third-order valence-electron chi connectivity index (χ3n) is 4.19. The average Bonchev–Trinajstić information content (AvgIpc) is 3.02. The third-order valence-corrected chi connectivity index (χ3v) is 5.78. The summed E-state index contributed by atoms with van der Waals surface area (Å²) in [5.74, 6) is 0.459. The number of carbonyl (C=O) groups is 1. The van der Waals surface area contributed by atoms with Crippen LogP contribution in [0, 0.1) is 0 Å². The number of carbonyl (C=O) groups excluding carboxylic acids is 1. The summed E-state index contributed by atoms with van der Waals surface area (Å²) in [4.78, 5) is 13.7. The summed E-state index contributed by atoms with van der Waals surface area (Å²) in [5.41, 5.74) is 0. The van der Waals surface area contributed by atoms with Crippen LogP contribution < -0.4 is 4.74 Å².